The monoisotopic (exact) mass is 284 g/mol. The number of piperidine rings is 1. The van der Waals surface area contributed by atoms with Crippen molar-refractivity contribution in [2.75, 3.05) is 6.54 Å². The van der Waals surface area contributed by atoms with Crippen LogP contribution in [-0.2, 0) is 0 Å². The fourth-order valence-corrected chi connectivity index (χ4v) is 2.99. The number of nitrogens with one attached hydrogen (secondary N) is 1. The Morgan fingerprint density at radius 1 is 1.29 bits per heavy atom. The molecule has 5 heteroatoms. The minimum atomic E-state index is 0.124. The molecule has 0 spiro atoms. The zero-order valence-corrected chi connectivity index (χ0v) is 12.4. The Morgan fingerprint density at radius 2 is 2.05 bits per heavy atom. The third-order valence-corrected chi connectivity index (χ3v) is 4.22. The molecule has 5 nitrogen and oxygen atoms in total. The van der Waals surface area contributed by atoms with Gasteiger partial charge < -0.3 is 4.90 Å². The number of amides is 1. The second kappa shape index (κ2) is 5.68. The van der Waals surface area contributed by atoms with Crippen LogP contribution >= 0.6 is 0 Å². The van der Waals surface area contributed by atoms with Crippen LogP contribution in [0, 0.1) is 5.92 Å². The van der Waals surface area contributed by atoms with Crippen molar-refractivity contribution in [1.82, 2.24) is 20.1 Å². The normalized spacial score (nSPS) is 22.3. The van der Waals surface area contributed by atoms with E-state index in [0.717, 1.165) is 30.5 Å². The van der Waals surface area contributed by atoms with Crippen LogP contribution in [-0.4, -0.2) is 38.6 Å². The van der Waals surface area contributed by atoms with E-state index in [1.54, 1.807) is 0 Å². The van der Waals surface area contributed by atoms with Crippen LogP contribution in [0.15, 0.2) is 30.6 Å². The maximum atomic E-state index is 12.6. The van der Waals surface area contributed by atoms with Crippen molar-refractivity contribution >= 4 is 5.91 Å². The molecule has 1 saturated heterocycles. The Balaban J connectivity index is 1.76. The molecule has 1 fully saturated rings. The zero-order valence-electron chi connectivity index (χ0n) is 12.4. The molecule has 0 radical (unpaired) electrons. The summed E-state index contributed by atoms with van der Waals surface area (Å²) in [6.45, 7) is 5.24. The average molecular weight is 284 g/mol. The first-order chi connectivity index (χ1) is 10.1. The molecule has 1 amide bonds. The zero-order chi connectivity index (χ0) is 14.8. The smallest absolute Gasteiger partial charge is 0.254 e. The second-order valence-corrected chi connectivity index (χ2v) is 5.89. The number of nitrogens with zero attached hydrogens (tertiary/aromatic N) is 3. The summed E-state index contributed by atoms with van der Waals surface area (Å²) in [7, 11) is 0. The summed E-state index contributed by atoms with van der Waals surface area (Å²) in [6.07, 6.45) is 3.65. The number of hydrogen-bond acceptors (Lipinski definition) is 3. The summed E-state index contributed by atoms with van der Waals surface area (Å²) in [4.78, 5) is 18.7. The summed E-state index contributed by atoms with van der Waals surface area (Å²) in [5, 5.41) is 6.66. The van der Waals surface area contributed by atoms with Crippen LogP contribution in [0.25, 0.3) is 11.4 Å². The Labute approximate surface area is 124 Å². The van der Waals surface area contributed by atoms with Crippen molar-refractivity contribution in [3.63, 3.8) is 0 Å². The molecular formula is C16H20N4O. The van der Waals surface area contributed by atoms with Crippen molar-refractivity contribution in [2.24, 2.45) is 5.92 Å². The predicted octanol–water partition coefficient (Wildman–Crippen LogP) is 2.73. The van der Waals surface area contributed by atoms with Gasteiger partial charge >= 0.3 is 0 Å². The highest BCUT2D eigenvalue weighted by molar-refractivity contribution is 5.94. The number of carbonyl (C=O) groups is 1. The molecular weight excluding hydrogens is 264 g/mol. The molecule has 2 heterocycles. The molecule has 0 bridgehead atoms. The van der Waals surface area contributed by atoms with Gasteiger partial charge in [0.05, 0.1) is 0 Å². The highest BCUT2D eigenvalue weighted by Crippen LogP contribution is 2.24. The van der Waals surface area contributed by atoms with Crippen LogP contribution in [0.3, 0.4) is 0 Å². The maximum absolute atomic E-state index is 12.6. The van der Waals surface area contributed by atoms with E-state index in [1.807, 2.05) is 29.2 Å². The quantitative estimate of drug-likeness (QED) is 0.922. The van der Waals surface area contributed by atoms with Gasteiger partial charge in [0.25, 0.3) is 5.91 Å². The van der Waals surface area contributed by atoms with Crippen molar-refractivity contribution in [3.05, 3.63) is 36.2 Å². The summed E-state index contributed by atoms with van der Waals surface area (Å²) in [5.74, 6) is 1.55. The predicted molar refractivity (Wildman–Crippen MR) is 80.7 cm³/mol. The van der Waals surface area contributed by atoms with Crippen molar-refractivity contribution in [1.29, 1.82) is 0 Å². The van der Waals surface area contributed by atoms with Gasteiger partial charge in [0.15, 0.2) is 5.82 Å². The molecule has 0 saturated carbocycles. The van der Waals surface area contributed by atoms with E-state index in [2.05, 4.69) is 29.0 Å². The molecule has 2 aromatic rings. The fourth-order valence-electron chi connectivity index (χ4n) is 2.99. The highest BCUT2D eigenvalue weighted by atomic mass is 16.2. The number of benzene rings is 1. The summed E-state index contributed by atoms with van der Waals surface area (Å²) in [6, 6.07) is 7.86. The summed E-state index contributed by atoms with van der Waals surface area (Å²) in [5.41, 5.74) is 1.67. The first-order valence-corrected chi connectivity index (χ1v) is 7.42. The largest absolute Gasteiger partial charge is 0.336 e. The number of carbonyl (C=O) groups excluding carboxylic acids is 1. The topological polar surface area (TPSA) is 61.9 Å². The number of rotatable bonds is 2. The third-order valence-electron chi connectivity index (χ3n) is 4.22. The molecule has 1 aliphatic heterocycles. The van der Waals surface area contributed by atoms with E-state index < -0.39 is 0 Å². The van der Waals surface area contributed by atoms with Gasteiger partial charge in [-0.1, -0.05) is 19.1 Å². The van der Waals surface area contributed by atoms with E-state index in [1.165, 1.54) is 6.33 Å². The van der Waals surface area contributed by atoms with E-state index in [4.69, 9.17) is 0 Å². The summed E-state index contributed by atoms with van der Waals surface area (Å²) < 4.78 is 0. The standard InChI is InChI=1S/C16H20N4O/c1-11-7-8-20(12(2)9-11)16(21)14-5-3-13(4-6-14)15-17-10-18-19-15/h3-6,10-12H,7-9H2,1-2H3,(H,17,18,19). The molecule has 2 atom stereocenters. The van der Waals surface area contributed by atoms with Gasteiger partial charge in [0.2, 0.25) is 0 Å². The Kier molecular flexibility index (Phi) is 3.73. The summed E-state index contributed by atoms with van der Waals surface area (Å²) >= 11 is 0. The van der Waals surface area contributed by atoms with Gasteiger partial charge in [-0.2, -0.15) is 5.10 Å². The Bertz CT molecular complexity index is 606. The SMILES string of the molecule is CC1CCN(C(=O)c2ccc(-c3ncn[nH]3)cc2)C(C)C1. The Morgan fingerprint density at radius 3 is 2.67 bits per heavy atom. The number of likely N-dealkylation sites (tertiary alicyclic amines) is 1. The van der Waals surface area contributed by atoms with Gasteiger partial charge in [-0.05, 0) is 37.8 Å². The van der Waals surface area contributed by atoms with Crippen LogP contribution < -0.4 is 0 Å². The lowest BCUT2D eigenvalue weighted by Gasteiger charge is -2.36. The van der Waals surface area contributed by atoms with E-state index >= 15 is 0 Å². The molecule has 1 aliphatic rings. The lowest BCUT2D eigenvalue weighted by Crippen LogP contribution is -2.44. The van der Waals surface area contributed by atoms with E-state index in [0.29, 0.717) is 17.8 Å². The first-order valence-electron chi connectivity index (χ1n) is 7.42. The number of hydrogen-bond donors (Lipinski definition) is 1. The highest BCUT2D eigenvalue weighted by Gasteiger charge is 2.27. The fraction of sp³-hybridized carbons (Fsp3) is 0.438. The van der Waals surface area contributed by atoms with Gasteiger partial charge in [-0.15, -0.1) is 0 Å². The lowest BCUT2D eigenvalue weighted by atomic mass is 9.93. The third kappa shape index (κ3) is 2.82. The van der Waals surface area contributed by atoms with Crippen LogP contribution in [0.5, 0.6) is 0 Å². The molecule has 110 valence electrons. The van der Waals surface area contributed by atoms with Crippen molar-refractivity contribution < 1.29 is 4.79 Å². The van der Waals surface area contributed by atoms with Gasteiger partial charge in [-0.3, -0.25) is 9.89 Å². The average Bonchev–Trinajstić information content (AvgIpc) is 3.01. The molecule has 21 heavy (non-hydrogen) atoms. The second-order valence-electron chi connectivity index (χ2n) is 5.89. The number of H-pyrrole nitrogens is 1. The molecule has 0 aliphatic carbocycles. The molecule has 1 N–H and O–H groups in total. The number of aromatic nitrogens is 3. The van der Waals surface area contributed by atoms with Gasteiger partial charge in [-0.25, -0.2) is 4.98 Å². The van der Waals surface area contributed by atoms with Crippen molar-refractivity contribution in [3.8, 4) is 11.4 Å². The van der Waals surface area contributed by atoms with E-state index in [-0.39, 0.29) is 5.91 Å². The molecule has 1 aromatic heterocycles. The van der Waals surface area contributed by atoms with Gasteiger partial charge in [0, 0.05) is 23.7 Å². The Hall–Kier alpha value is -2.17. The lowest BCUT2D eigenvalue weighted by molar-refractivity contribution is 0.0588. The van der Waals surface area contributed by atoms with Crippen LogP contribution in [0.2, 0.25) is 0 Å². The first kappa shape index (κ1) is 13.8. The van der Waals surface area contributed by atoms with Crippen molar-refractivity contribution in [2.45, 2.75) is 32.7 Å². The molecule has 3 rings (SSSR count). The molecule has 2 unspecified atom stereocenters. The van der Waals surface area contributed by atoms with E-state index in [9.17, 15) is 4.79 Å². The minimum Gasteiger partial charge on any atom is -0.336 e. The van der Waals surface area contributed by atoms with Crippen LogP contribution in [0.4, 0.5) is 0 Å². The molecule has 1 aromatic carbocycles. The maximum Gasteiger partial charge on any atom is 0.254 e. The van der Waals surface area contributed by atoms with Crippen LogP contribution in [0.1, 0.15) is 37.0 Å². The van der Waals surface area contributed by atoms with Gasteiger partial charge in [0.1, 0.15) is 6.33 Å². The number of aromatic amines is 1. The minimum absolute atomic E-state index is 0.124.